The summed E-state index contributed by atoms with van der Waals surface area (Å²) in [6.45, 7) is 1.92. The Morgan fingerprint density at radius 3 is 2.25 bits per heavy atom. The fraction of sp³-hybridized carbons (Fsp3) is 1.00. The van der Waals surface area contributed by atoms with Gasteiger partial charge in [-0.15, -0.1) is 3.63 Å². The average molecular weight is 216 g/mol. The van der Waals surface area contributed by atoms with Crippen molar-refractivity contribution in [1.29, 1.82) is 0 Å². The summed E-state index contributed by atoms with van der Waals surface area (Å²) >= 11 is 0. The number of hydrogen-bond donors (Lipinski definition) is 1. The van der Waals surface area contributed by atoms with Crippen LogP contribution < -0.4 is 0 Å². The molecule has 0 aromatic heterocycles. The average Bonchev–Trinajstić information content (AvgIpc) is 1.84. The van der Waals surface area contributed by atoms with Crippen LogP contribution in [0.4, 0.5) is 0 Å². The largest absolute Gasteiger partial charge is 0.281 e. The van der Waals surface area contributed by atoms with Gasteiger partial charge in [0.25, 0.3) is 21.1 Å². The van der Waals surface area contributed by atoms with E-state index in [1.165, 1.54) is 0 Å². The minimum atomic E-state index is -3.85. The molecule has 5 nitrogen and oxygen atoms in total. The second kappa shape index (κ2) is 5.50. The lowest BCUT2D eigenvalue weighted by molar-refractivity contribution is 0.475. The molecule has 0 heterocycles. The zero-order chi connectivity index (χ0) is 9.61. The van der Waals surface area contributed by atoms with Crippen molar-refractivity contribution >= 4 is 21.1 Å². The van der Waals surface area contributed by atoms with Gasteiger partial charge >= 0.3 is 0 Å². The van der Waals surface area contributed by atoms with Crippen molar-refractivity contribution in [2.75, 3.05) is 5.75 Å². The highest BCUT2D eigenvalue weighted by Crippen LogP contribution is 2.01. The summed E-state index contributed by atoms with van der Waals surface area (Å²) in [7, 11) is -7.15. The molecule has 0 rings (SSSR count). The van der Waals surface area contributed by atoms with Crippen LogP contribution in [0.3, 0.4) is 0 Å². The SMILES string of the molecule is CCCCCS(=O)(=O)O[SH](=O)=O. The third-order valence-corrected chi connectivity index (χ3v) is 3.36. The molecule has 0 N–H and O–H groups in total. The summed E-state index contributed by atoms with van der Waals surface area (Å²) in [4.78, 5) is 0. The Balaban J connectivity index is 3.89. The summed E-state index contributed by atoms with van der Waals surface area (Å²) in [5.41, 5.74) is 0. The molecule has 12 heavy (non-hydrogen) atoms. The first-order valence-corrected chi connectivity index (χ1v) is 6.22. The van der Waals surface area contributed by atoms with Crippen molar-refractivity contribution in [3.63, 3.8) is 0 Å². The van der Waals surface area contributed by atoms with E-state index in [4.69, 9.17) is 0 Å². The minimum absolute atomic E-state index is 0.232. The highest BCUT2D eigenvalue weighted by atomic mass is 32.3. The normalized spacial score (nSPS) is 12.2. The van der Waals surface area contributed by atoms with Crippen LogP contribution in [0.1, 0.15) is 26.2 Å². The molecule has 0 atom stereocenters. The van der Waals surface area contributed by atoms with E-state index in [1.807, 2.05) is 6.92 Å². The van der Waals surface area contributed by atoms with Gasteiger partial charge in [0.2, 0.25) is 0 Å². The van der Waals surface area contributed by atoms with Crippen molar-refractivity contribution in [2.45, 2.75) is 26.2 Å². The number of unbranched alkanes of at least 4 members (excludes halogenated alkanes) is 2. The van der Waals surface area contributed by atoms with Gasteiger partial charge in [0.15, 0.2) is 0 Å². The third-order valence-electron chi connectivity index (χ3n) is 1.17. The van der Waals surface area contributed by atoms with Crippen molar-refractivity contribution in [2.24, 2.45) is 0 Å². The number of thiol groups is 1. The topological polar surface area (TPSA) is 77.5 Å². The number of hydrogen-bond acceptors (Lipinski definition) is 5. The first-order chi connectivity index (χ1) is 5.48. The Labute approximate surface area is 74.0 Å². The second-order valence-corrected chi connectivity index (χ2v) is 4.83. The lowest BCUT2D eigenvalue weighted by Crippen LogP contribution is -2.09. The minimum Gasteiger partial charge on any atom is -0.201 e. The molecule has 0 aliphatic heterocycles. The van der Waals surface area contributed by atoms with Gasteiger partial charge in [-0.25, -0.2) is 8.42 Å². The van der Waals surface area contributed by atoms with E-state index >= 15 is 0 Å². The molecule has 74 valence electrons. The third kappa shape index (κ3) is 6.56. The molecular formula is C5H12O5S2. The van der Waals surface area contributed by atoms with E-state index in [0.717, 1.165) is 12.8 Å². The van der Waals surface area contributed by atoms with Crippen LogP contribution in [-0.2, 0) is 24.7 Å². The monoisotopic (exact) mass is 216 g/mol. The summed E-state index contributed by atoms with van der Waals surface area (Å²) in [6.07, 6.45) is 2.05. The summed E-state index contributed by atoms with van der Waals surface area (Å²) in [6, 6.07) is 0. The van der Waals surface area contributed by atoms with Crippen LogP contribution in [-0.4, -0.2) is 22.6 Å². The molecule has 0 saturated carbocycles. The van der Waals surface area contributed by atoms with Crippen LogP contribution in [0.5, 0.6) is 0 Å². The lowest BCUT2D eigenvalue weighted by atomic mass is 10.3. The van der Waals surface area contributed by atoms with Gasteiger partial charge in [-0.1, -0.05) is 19.8 Å². The number of rotatable bonds is 6. The fourth-order valence-corrected chi connectivity index (χ4v) is 2.26. The van der Waals surface area contributed by atoms with E-state index in [-0.39, 0.29) is 5.75 Å². The maximum Gasteiger partial charge on any atom is 0.281 e. The zero-order valence-electron chi connectivity index (χ0n) is 6.73. The Bertz CT molecular complexity index is 268. The Morgan fingerprint density at radius 2 is 1.83 bits per heavy atom. The standard InChI is InChI=1S/C5H12O5S2/c1-2-3-4-5-12(8,9)10-11(6)7/h11H,2-5H2,1H3. The second-order valence-electron chi connectivity index (χ2n) is 2.27. The molecule has 0 aromatic rings. The highest BCUT2D eigenvalue weighted by Gasteiger charge is 2.11. The van der Waals surface area contributed by atoms with Crippen molar-refractivity contribution in [3.05, 3.63) is 0 Å². The van der Waals surface area contributed by atoms with Crippen molar-refractivity contribution < 1.29 is 20.5 Å². The molecule has 7 heteroatoms. The van der Waals surface area contributed by atoms with Gasteiger partial charge in [-0.3, -0.25) is 0 Å². The molecule has 0 spiro atoms. The molecule has 0 bridgehead atoms. The molecule has 0 aliphatic rings. The van der Waals surface area contributed by atoms with E-state index in [2.05, 4.69) is 3.63 Å². The van der Waals surface area contributed by atoms with Gasteiger partial charge in [0.05, 0.1) is 5.75 Å². The zero-order valence-corrected chi connectivity index (χ0v) is 8.44. The molecule has 0 aromatic carbocycles. The van der Waals surface area contributed by atoms with Gasteiger partial charge in [-0.05, 0) is 6.42 Å². The van der Waals surface area contributed by atoms with E-state index < -0.39 is 21.1 Å². The van der Waals surface area contributed by atoms with E-state index in [0.29, 0.717) is 6.42 Å². The first kappa shape index (κ1) is 11.9. The summed E-state index contributed by atoms with van der Waals surface area (Å²) in [5.74, 6) is -0.232. The summed E-state index contributed by atoms with van der Waals surface area (Å²) < 4.78 is 44.9. The Kier molecular flexibility index (Phi) is 5.43. The van der Waals surface area contributed by atoms with Crippen molar-refractivity contribution in [1.82, 2.24) is 0 Å². The molecule has 0 radical (unpaired) electrons. The van der Waals surface area contributed by atoms with Gasteiger partial charge < -0.3 is 0 Å². The smallest absolute Gasteiger partial charge is 0.201 e. The lowest BCUT2D eigenvalue weighted by Gasteiger charge is -1.97. The summed E-state index contributed by atoms with van der Waals surface area (Å²) in [5, 5.41) is 0. The highest BCUT2D eigenvalue weighted by molar-refractivity contribution is 7.93. The Morgan fingerprint density at radius 1 is 1.25 bits per heavy atom. The molecule has 0 fully saturated rings. The van der Waals surface area contributed by atoms with Crippen LogP contribution in [0, 0.1) is 0 Å². The molecule has 0 unspecified atom stereocenters. The van der Waals surface area contributed by atoms with Crippen LogP contribution >= 0.6 is 0 Å². The van der Waals surface area contributed by atoms with Gasteiger partial charge in [0, 0.05) is 0 Å². The van der Waals surface area contributed by atoms with Gasteiger partial charge in [0.1, 0.15) is 0 Å². The van der Waals surface area contributed by atoms with Crippen LogP contribution in [0.2, 0.25) is 0 Å². The molecule has 0 aliphatic carbocycles. The Hall–Kier alpha value is -0.140. The van der Waals surface area contributed by atoms with E-state index in [1.54, 1.807) is 0 Å². The van der Waals surface area contributed by atoms with Crippen molar-refractivity contribution in [3.8, 4) is 0 Å². The molecular weight excluding hydrogens is 204 g/mol. The predicted octanol–water partition coefficient (Wildman–Crippen LogP) is 0.0494. The maximum atomic E-state index is 10.7. The fourth-order valence-electron chi connectivity index (χ4n) is 0.659. The molecule has 0 amide bonds. The predicted molar refractivity (Wildman–Crippen MR) is 44.7 cm³/mol. The quantitative estimate of drug-likeness (QED) is 0.501. The molecule has 0 saturated heterocycles. The van der Waals surface area contributed by atoms with E-state index in [9.17, 15) is 16.8 Å². The first-order valence-electron chi connectivity index (χ1n) is 3.54. The maximum absolute atomic E-state index is 10.7. The van der Waals surface area contributed by atoms with Crippen LogP contribution in [0.15, 0.2) is 0 Å². The van der Waals surface area contributed by atoms with Crippen LogP contribution in [0.25, 0.3) is 0 Å². The van der Waals surface area contributed by atoms with Gasteiger partial charge in [-0.2, -0.15) is 8.42 Å².